The van der Waals surface area contributed by atoms with Gasteiger partial charge in [-0.2, -0.15) is 0 Å². The molecule has 0 fully saturated rings. The topological polar surface area (TPSA) is 4.93 Å². The Bertz CT molecular complexity index is 1410. The average Bonchev–Trinajstić information content (AvgIpc) is 3.17. The van der Waals surface area contributed by atoms with E-state index in [1.165, 1.54) is 38.1 Å². The summed E-state index contributed by atoms with van der Waals surface area (Å²) in [5.74, 6) is 0. The summed E-state index contributed by atoms with van der Waals surface area (Å²) >= 11 is 6.70. The first-order chi connectivity index (χ1) is 16.2. The molecule has 0 unspecified atom stereocenters. The highest BCUT2D eigenvalue weighted by atomic mass is 32.4. The van der Waals surface area contributed by atoms with Crippen LogP contribution in [-0.4, -0.2) is 4.57 Å². The highest BCUT2D eigenvalue weighted by molar-refractivity contribution is 8.25. The van der Waals surface area contributed by atoms with Crippen LogP contribution >= 0.6 is 6.04 Å². The molecule has 0 radical (unpaired) electrons. The van der Waals surface area contributed by atoms with E-state index in [1.807, 2.05) is 6.07 Å². The molecule has 0 aliphatic heterocycles. The van der Waals surface area contributed by atoms with Gasteiger partial charge in [0.25, 0.3) is 0 Å². The van der Waals surface area contributed by atoms with Gasteiger partial charge in [0, 0.05) is 34.5 Å². The zero-order chi connectivity index (χ0) is 22.7. The molecule has 0 bridgehead atoms. The van der Waals surface area contributed by atoms with Crippen LogP contribution in [0.25, 0.3) is 17.0 Å². The van der Waals surface area contributed by atoms with Crippen LogP contribution in [0.5, 0.6) is 0 Å². The molecule has 4 aromatic carbocycles. The van der Waals surface area contributed by atoms with Gasteiger partial charge in [-0.05, 0) is 29.2 Å². The molecule has 162 valence electrons. The zero-order valence-corrected chi connectivity index (χ0v) is 20.3. The van der Waals surface area contributed by atoms with Crippen molar-refractivity contribution in [3.05, 3.63) is 133 Å². The molecule has 33 heavy (non-hydrogen) atoms. The van der Waals surface area contributed by atoms with Gasteiger partial charge in [-0.1, -0.05) is 133 Å². The van der Waals surface area contributed by atoms with Crippen molar-refractivity contribution in [2.45, 2.75) is 13.5 Å². The predicted octanol–water partition coefficient (Wildman–Crippen LogP) is 6.42. The Balaban J connectivity index is 1.71. The Morgan fingerprint density at radius 3 is 1.82 bits per heavy atom. The third kappa shape index (κ3) is 4.02. The van der Waals surface area contributed by atoms with Gasteiger partial charge in [-0.15, -0.1) is 0 Å². The highest BCUT2D eigenvalue weighted by Gasteiger charge is 2.30. The number of allylic oxidation sites excluding steroid dienone is 1. The number of aromatic nitrogens is 1. The summed E-state index contributed by atoms with van der Waals surface area (Å²) < 4.78 is 2.41. The molecule has 0 spiro atoms. The van der Waals surface area contributed by atoms with Gasteiger partial charge in [0.1, 0.15) is 0 Å². The van der Waals surface area contributed by atoms with E-state index in [2.05, 4.69) is 133 Å². The van der Waals surface area contributed by atoms with Crippen molar-refractivity contribution in [2.75, 3.05) is 0 Å². The van der Waals surface area contributed by atoms with Crippen molar-refractivity contribution in [3.8, 4) is 0 Å². The first-order valence-corrected chi connectivity index (χ1v) is 14.0. The monoisotopic (exact) mass is 463 g/mol. The van der Waals surface area contributed by atoms with Gasteiger partial charge in [0.15, 0.2) is 0 Å². The lowest BCUT2D eigenvalue weighted by Gasteiger charge is -2.24. The van der Waals surface area contributed by atoms with Crippen LogP contribution in [0.2, 0.25) is 0 Å². The van der Waals surface area contributed by atoms with E-state index >= 15 is 0 Å². The fourth-order valence-electron chi connectivity index (χ4n) is 4.59. The number of hydrogen-bond donors (Lipinski definition) is 0. The number of rotatable bonds is 6. The van der Waals surface area contributed by atoms with Gasteiger partial charge < -0.3 is 4.57 Å². The van der Waals surface area contributed by atoms with E-state index in [1.54, 1.807) is 0 Å². The van der Waals surface area contributed by atoms with Crippen LogP contribution in [0.1, 0.15) is 11.3 Å². The molecule has 1 heterocycles. The van der Waals surface area contributed by atoms with E-state index in [4.69, 9.17) is 11.8 Å². The molecule has 0 aliphatic carbocycles. The van der Waals surface area contributed by atoms with Crippen molar-refractivity contribution >= 4 is 50.7 Å². The van der Waals surface area contributed by atoms with Crippen molar-refractivity contribution in [1.29, 1.82) is 0 Å². The van der Waals surface area contributed by atoms with Gasteiger partial charge in [-0.25, -0.2) is 0 Å². The summed E-state index contributed by atoms with van der Waals surface area (Å²) in [6, 6.07) is 38.3. The number of hydrogen-bond acceptors (Lipinski definition) is 1. The van der Waals surface area contributed by atoms with Crippen LogP contribution in [0, 0.1) is 6.92 Å². The Kier molecular flexibility index (Phi) is 6.13. The van der Waals surface area contributed by atoms with E-state index in [0.29, 0.717) is 0 Å². The van der Waals surface area contributed by atoms with Crippen LogP contribution in [-0.2, 0) is 18.4 Å². The molecular formula is C30H26NPS. The smallest absolute Gasteiger partial charge is 0.0492 e. The van der Waals surface area contributed by atoms with Gasteiger partial charge >= 0.3 is 0 Å². The largest absolute Gasteiger partial charge is 0.340 e. The minimum atomic E-state index is -2.24. The Hall–Kier alpha value is -3.19. The second-order valence-electron chi connectivity index (χ2n) is 8.16. The number of nitrogens with zero attached hydrogens (tertiary/aromatic N) is 1. The molecule has 0 saturated heterocycles. The maximum absolute atomic E-state index is 6.70. The quantitative estimate of drug-likeness (QED) is 0.263. The first-order valence-electron chi connectivity index (χ1n) is 11.2. The fourth-order valence-corrected chi connectivity index (χ4v) is 9.11. The molecule has 0 saturated carbocycles. The predicted molar refractivity (Wildman–Crippen MR) is 148 cm³/mol. The number of para-hydroxylation sites is 1. The molecule has 0 atom stereocenters. The summed E-state index contributed by atoms with van der Waals surface area (Å²) in [5, 5.41) is 5.03. The summed E-state index contributed by atoms with van der Waals surface area (Å²) in [6.07, 6.45) is 4.44. The summed E-state index contributed by atoms with van der Waals surface area (Å²) in [4.78, 5) is 0. The lowest BCUT2D eigenvalue weighted by atomic mass is 10.2. The van der Waals surface area contributed by atoms with E-state index in [-0.39, 0.29) is 0 Å². The Morgan fingerprint density at radius 2 is 1.21 bits per heavy atom. The molecule has 1 nitrogen and oxygen atoms in total. The molecule has 0 aliphatic rings. The standard InChI is InChI=1S/C30H26NPS/c1-24-30(32(33,26-17-7-3-8-18-26)27-19-9-4-10-20-27)28-21-11-12-22-29(28)31(24)23-13-16-25-14-5-2-6-15-25/h2-22H,23H2,1H3. The third-order valence-electron chi connectivity index (χ3n) is 6.15. The fraction of sp³-hybridized carbons (Fsp3) is 0.0667. The van der Waals surface area contributed by atoms with Crippen LogP contribution < -0.4 is 15.9 Å². The Labute approximate surface area is 201 Å². The minimum absolute atomic E-state index is 0.806. The summed E-state index contributed by atoms with van der Waals surface area (Å²) in [7, 11) is 0. The number of benzene rings is 4. The lowest BCUT2D eigenvalue weighted by Crippen LogP contribution is -2.26. The van der Waals surface area contributed by atoms with E-state index in [0.717, 1.165) is 6.54 Å². The van der Waals surface area contributed by atoms with Gasteiger partial charge in [-0.3, -0.25) is 0 Å². The first kappa shape index (κ1) is 21.6. The lowest BCUT2D eigenvalue weighted by molar-refractivity contribution is 0.834. The maximum Gasteiger partial charge on any atom is 0.0492 e. The molecular weight excluding hydrogens is 437 g/mol. The molecule has 3 heteroatoms. The van der Waals surface area contributed by atoms with Crippen molar-refractivity contribution in [2.24, 2.45) is 0 Å². The maximum atomic E-state index is 6.70. The van der Waals surface area contributed by atoms with Crippen LogP contribution in [0.15, 0.2) is 121 Å². The Morgan fingerprint density at radius 1 is 0.697 bits per heavy atom. The van der Waals surface area contributed by atoms with E-state index in [9.17, 15) is 0 Å². The zero-order valence-electron chi connectivity index (χ0n) is 18.6. The summed E-state index contributed by atoms with van der Waals surface area (Å²) in [5.41, 5.74) is 3.71. The molecule has 5 aromatic rings. The van der Waals surface area contributed by atoms with Crippen molar-refractivity contribution in [3.63, 3.8) is 0 Å². The molecule has 0 N–H and O–H groups in total. The van der Waals surface area contributed by atoms with E-state index < -0.39 is 6.04 Å². The molecule has 1 aromatic heterocycles. The molecule has 0 amide bonds. The van der Waals surface area contributed by atoms with Crippen LogP contribution in [0.4, 0.5) is 0 Å². The van der Waals surface area contributed by atoms with Crippen molar-refractivity contribution < 1.29 is 0 Å². The second-order valence-corrected chi connectivity index (χ2v) is 12.5. The third-order valence-corrected chi connectivity index (χ3v) is 11.2. The van der Waals surface area contributed by atoms with Gasteiger partial charge in [0.2, 0.25) is 0 Å². The van der Waals surface area contributed by atoms with Gasteiger partial charge in [0.05, 0.1) is 0 Å². The minimum Gasteiger partial charge on any atom is -0.340 e. The second kappa shape index (κ2) is 9.35. The average molecular weight is 464 g/mol. The normalized spacial score (nSPS) is 11.9. The summed E-state index contributed by atoms with van der Waals surface area (Å²) in [6.45, 7) is 3.04. The highest BCUT2D eigenvalue weighted by Crippen LogP contribution is 2.46. The number of fused-ring (bicyclic) bond motifs is 1. The van der Waals surface area contributed by atoms with Crippen molar-refractivity contribution in [1.82, 2.24) is 4.57 Å². The SMILES string of the molecule is Cc1c(P(=S)(c2ccccc2)c2ccccc2)c2ccccc2n1CC=Cc1ccccc1. The molecule has 5 rings (SSSR count). The van der Waals surface area contributed by atoms with Crippen LogP contribution in [0.3, 0.4) is 0 Å².